The molecule has 1 aliphatic heterocycles. The fourth-order valence-electron chi connectivity index (χ4n) is 3.06. The minimum absolute atomic E-state index is 0. The Balaban J connectivity index is 0.00000338. The van der Waals surface area contributed by atoms with Crippen molar-refractivity contribution in [3.05, 3.63) is 29.3 Å². The lowest BCUT2D eigenvalue weighted by atomic mass is 10.1. The summed E-state index contributed by atoms with van der Waals surface area (Å²) in [5.74, 6) is 1.88. The number of likely N-dealkylation sites (tertiary alicyclic amines) is 1. The number of carbonyl (C=O) groups excluding carboxylic acids is 1. The molecule has 1 unspecified atom stereocenters. The fraction of sp³-hybridized carbons (Fsp3) is 0.579. The van der Waals surface area contributed by atoms with Crippen LogP contribution in [-0.4, -0.2) is 50.1 Å². The molecule has 2 N–H and O–H groups in total. The zero-order valence-electron chi connectivity index (χ0n) is 16.3. The van der Waals surface area contributed by atoms with Gasteiger partial charge < -0.3 is 20.3 Å². The molecule has 0 aromatic heterocycles. The number of amides is 1. The number of hydrogen-bond donors (Lipinski definition) is 2. The van der Waals surface area contributed by atoms with Crippen LogP contribution >= 0.6 is 24.0 Å². The molecular weight excluding hydrogens is 443 g/mol. The highest BCUT2D eigenvalue weighted by molar-refractivity contribution is 14.0. The normalized spacial score (nSPS) is 17.1. The van der Waals surface area contributed by atoms with Gasteiger partial charge in [-0.25, -0.2) is 0 Å². The van der Waals surface area contributed by atoms with E-state index in [1.54, 1.807) is 14.2 Å². The minimum atomic E-state index is 0. The number of guanidine groups is 1. The number of aliphatic imine (C=N–C) groups is 1. The molecule has 6 nitrogen and oxygen atoms in total. The van der Waals surface area contributed by atoms with Crippen molar-refractivity contribution in [2.45, 2.75) is 39.8 Å². The third-order valence-corrected chi connectivity index (χ3v) is 4.36. The summed E-state index contributed by atoms with van der Waals surface area (Å²) >= 11 is 0. The molecule has 7 heteroatoms. The SMILES string of the molecule is CN=C(NCc1cc(C)cc(OC)c1)NC1CCN(C(=O)C(C)C)C1.I. The molecule has 146 valence electrons. The van der Waals surface area contributed by atoms with Gasteiger partial charge in [0.2, 0.25) is 5.91 Å². The monoisotopic (exact) mass is 474 g/mol. The topological polar surface area (TPSA) is 66.0 Å². The molecule has 2 rings (SSSR count). The number of aryl methyl sites for hydroxylation is 1. The molecule has 1 saturated heterocycles. The van der Waals surface area contributed by atoms with Gasteiger partial charge in [0, 0.05) is 38.6 Å². The van der Waals surface area contributed by atoms with Crippen LogP contribution in [0, 0.1) is 12.8 Å². The second kappa shape index (κ2) is 10.6. The van der Waals surface area contributed by atoms with Crippen molar-refractivity contribution in [2.24, 2.45) is 10.9 Å². The summed E-state index contributed by atoms with van der Waals surface area (Å²) in [6.45, 7) is 8.15. The summed E-state index contributed by atoms with van der Waals surface area (Å²) in [4.78, 5) is 18.3. The number of hydrogen-bond acceptors (Lipinski definition) is 3. The summed E-state index contributed by atoms with van der Waals surface area (Å²) < 4.78 is 5.32. The number of ether oxygens (including phenoxy) is 1. The number of nitrogens with zero attached hydrogens (tertiary/aromatic N) is 2. The molecular formula is C19H31IN4O2. The van der Waals surface area contributed by atoms with E-state index in [1.807, 2.05) is 30.9 Å². The van der Waals surface area contributed by atoms with Gasteiger partial charge in [-0.3, -0.25) is 9.79 Å². The van der Waals surface area contributed by atoms with Crippen LogP contribution in [0.4, 0.5) is 0 Å². The molecule has 1 heterocycles. The standard InChI is InChI=1S/C19H30N4O2.HI/c1-13(2)18(24)23-7-6-16(12-23)22-19(20-4)21-11-15-8-14(3)9-17(10-15)25-5;/h8-10,13,16H,6-7,11-12H2,1-5H3,(H2,20,21,22);1H. The smallest absolute Gasteiger partial charge is 0.225 e. The third kappa shape index (κ3) is 6.34. The maximum absolute atomic E-state index is 12.1. The van der Waals surface area contributed by atoms with Gasteiger partial charge in [-0.05, 0) is 36.6 Å². The van der Waals surface area contributed by atoms with Crippen molar-refractivity contribution >= 4 is 35.8 Å². The molecule has 1 amide bonds. The number of benzene rings is 1. The van der Waals surface area contributed by atoms with Gasteiger partial charge >= 0.3 is 0 Å². The second-order valence-electron chi connectivity index (χ2n) is 6.85. The van der Waals surface area contributed by atoms with Crippen LogP contribution < -0.4 is 15.4 Å². The van der Waals surface area contributed by atoms with Crippen LogP contribution in [0.5, 0.6) is 5.75 Å². The van der Waals surface area contributed by atoms with Gasteiger partial charge in [0.15, 0.2) is 5.96 Å². The van der Waals surface area contributed by atoms with E-state index in [4.69, 9.17) is 4.74 Å². The average molecular weight is 474 g/mol. The van der Waals surface area contributed by atoms with E-state index in [-0.39, 0.29) is 41.8 Å². The molecule has 0 bridgehead atoms. The van der Waals surface area contributed by atoms with Crippen LogP contribution in [0.1, 0.15) is 31.4 Å². The van der Waals surface area contributed by atoms with Gasteiger partial charge in [-0.1, -0.05) is 19.9 Å². The Morgan fingerprint density at radius 3 is 2.73 bits per heavy atom. The molecule has 1 fully saturated rings. The molecule has 0 spiro atoms. The van der Waals surface area contributed by atoms with E-state index in [9.17, 15) is 4.79 Å². The Labute approximate surface area is 173 Å². The quantitative estimate of drug-likeness (QED) is 0.391. The van der Waals surface area contributed by atoms with E-state index in [2.05, 4.69) is 28.6 Å². The first-order valence-corrected chi connectivity index (χ1v) is 8.83. The van der Waals surface area contributed by atoms with E-state index in [0.29, 0.717) is 6.54 Å². The second-order valence-corrected chi connectivity index (χ2v) is 6.85. The summed E-state index contributed by atoms with van der Waals surface area (Å²) in [6, 6.07) is 6.39. The first kappa shape index (κ1) is 22.5. The van der Waals surface area contributed by atoms with Gasteiger partial charge in [0.05, 0.1) is 7.11 Å². The van der Waals surface area contributed by atoms with Crippen LogP contribution in [0.25, 0.3) is 0 Å². The van der Waals surface area contributed by atoms with Crippen molar-refractivity contribution < 1.29 is 9.53 Å². The van der Waals surface area contributed by atoms with Crippen molar-refractivity contribution in [1.82, 2.24) is 15.5 Å². The molecule has 1 aromatic rings. The van der Waals surface area contributed by atoms with Gasteiger partial charge in [0.25, 0.3) is 0 Å². The van der Waals surface area contributed by atoms with Crippen molar-refractivity contribution in [1.29, 1.82) is 0 Å². The lowest BCUT2D eigenvalue weighted by Crippen LogP contribution is -2.45. The number of nitrogens with one attached hydrogen (secondary N) is 2. The van der Waals surface area contributed by atoms with Crippen LogP contribution in [-0.2, 0) is 11.3 Å². The molecule has 1 aliphatic rings. The van der Waals surface area contributed by atoms with Crippen LogP contribution in [0.2, 0.25) is 0 Å². The van der Waals surface area contributed by atoms with Crippen molar-refractivity contribution in [2.75, 3.05) is 27.2 Å². The maximum atomic E-state index is 12.1. The Hall–Kier alpha value is -1.51. The van der Waals surface area contributed by atoms with E-state index in [1.165, 1.54) is 0 Å². The Bertz CT molecular complexity index is 634. The molecule has 0 radical (unpaired) electrons. The maximum Gasteiger partial charge on any atom is 0.225 e. The molecule has 1 aromatic carbocycles. The van der Waals surface area contributed by atoms with Gasteiger partial charge in [0.1, 0.15) is 5.75 Å². The minimum Gasteiger partial charge on any atom is -0.497 e. The highest BCUT2D eigenvalue weighted by atomic mass is 127. The van der Waals surface area contributed by atoms with Crippen molar-refractivity contribution in [3.8, 4) is 5.75 Å². The molecule has 1 atom stereocenters. The van der Waals surface area contributed by atoms with Gasteiger partial charge in [-0.2, -0.15) is 0 Å². The van der Waals surface area contributed by atoms with Crippen LogP contribution in [0.3, 0.4) is 0 Å². The third-order valence-electron chi connectivity index (χ3n) is 4.36. The predicted octanol–water partition coefficient (Wildman–Crippen LogP) is 2.54. The number of rotatable bonds is 5. The van der Waals surface area contributed by atoms with E-state index in [0.717, 1.165) is 42.3 Å². The van der Waals surface area contributed by atoms with Gasteiger partial charge in [-0.15, -0.1) is 24.0 Å². The van der Waals surface area contributed by atoms with Crippen molar-refractivity contribution in [3.63, 3.8) is 0 Å². The first-order chi connectivity index (χ1) is 11.9. The predicted molar refractivity (Wildman–Crippen MR) is 116 cm³/mol. The summed E-state index contributed by atoms with van der Waals surface area (Å²) in [5, 5.41) is 6.75. The highest BCUT2D eigenvalue weighted by Gasteiger charge is 2.27. The molecule has 26 heavy (non-hydrogen) atoms. The molecule has 0 saturated carbocycles. The molecule has 0 aliphatic carbocycles. The summed E-state index contributed by atoms with van der Waals surface area (Å²) in [5.41, 5.74) is 2.31. The Morgan fingerprint density at radius 1 is 1.38 bits per heavy atom. The highest BCUT2D eigenvalue weighted by Crippen LogP contribution is 2.16. The average Bonchev–Trinajstić information content (AvgIpc) is 3.05. The number of carbonyl (C=O) groups is 1. The fourth-order valence-corrected chi connectivity index (χ4v) is 3.06. The Kier molecular flexibility index (Phi) is 9.18. The lowest BCUT2D eigenvalue weighted by Gasteiger charge is -2.20. The first-order valence-electron chi connectivity index (χ1n) is 8.83. The lowest BCUT2D eigenvalue weighted by molar-refractivity contribution is -0.133. The van der Waals surface area contributed by atoms with Crippen LogP contribution in [0.15, 0.2) is 23.2 Å². The Morgan fingerprint density at radius 2 is 2.12 bits per heavy atom. The largest absolute Gasteiger partial charge is 0.497 e. The van der Waals surface area contributed by atoms with E-state index < -0.39 is 0 Å². The number of methoxy groups -OCH3 is 1. The van der Waals surface area contributed by atoms with E-state index >= 15 is 0 Å². The zero-order chi connectivity index (χ0) is 18.4. The summed E-state index contributed by atoms with van der Waals surface area (Å²) in [7, 11) is 3.44. The zero-order valence-corrected chi connectivity index (χ0v) is 18.7. The number of halogens is 1. The summed E-state index contributed by atoms with van der Waals surface area (Å²) in [6.07, 6.45) is 0.942.